The van der Waals surface area contributed by atoms with E-state index >= 15 is 0 Å². The Bertz CT molecular complexity index is 1110. The average molecular weight is 432 g/mol. The van der Waals surface area contributed by atoms with Crippen LogP contribution in [0.4, 0.5) is 11.4 Å². The average Bonchev–Trinajstić information content (AvgIpc) is 2.79. The van der Waals surface area contributed by atoms with Gasteiger partial charge in [0, 0.05) is 17.3 Å². The highest BCUT2D eigenvalue weighted by Crippen LogP contribution is 2.18. The Morgan fingerprint density at radius 3 is 2.34 bits per heavy atom. The molecule has 0 fully saturated rings. The summed E-state index contributed by atoms with van der Waals surface area (Å²) in [5.74, 6) is -0.242. The molecule has 32 heavy (non-hydrogen) atoms. The van der Waals surface area contributed by atoms with Crippen molar-refractivity contribution in [2.45, 2.75) is 6.42 Å². The number of rotatable bonds is 9. The van der Waals surface area contributed by atoms with Gasteiger partial charge in [-0.3, -0.25) is 19.7 Å². The van der Waals surface area contributed by atoms with Gasteiger partial charge in [-0.15, -0.1) is 0 Å². The van der Waals surface area contributed by atoms with E-state index in [1.807, 2.05) is 18.2 Å². The molecule has 0 spiro atoms. The van der Waals surface area contributed by atoms with Crippen LogP contribution < -0.4 is 15.5 Å². The second-order valence-corrected chi connectivity index (χ2v) is 6.63. The van der Waals surface area contributed by atoms with E-state index in [0.29, 0.717) is 22.6 Å². The molecular formula is C23H20N4O5. The van der Waals surface area contributed by atoms with Gasteiger partial charge < -0.3 is 10.1 Å². The molecule has 0 aliphatic carbocycles. The molecule has 0 saturated carbocycles. The van der Waals surface area contributed by atoms with Gasteiger partial charge in [0.05, 0.1) is 17.6 Å². The maximum Gasteiger partial charge on any atom is 0.273 e. The van der Waals surface area contributed by atoms with Crippen LogP contribution in [0.5, 0.6) is 5.75 Å². The molecule has 0 atom stereocenters. The molecule has 9 heteroatoms. The lowest BCUT2D eigenvalue weighted by atomic mass is 10.1. The van der Waals surface area contributed by atoms with Crippen molar-refractivity contribution < 1.29 is 19.2 Å². The molecule has 3 aromatic carbocycles. The van der Waals surface area contributed by atoms with Crippen LogP contribution >= 0.6 is 0 Å². The van der Waals surface area contributed by atoms with E-state index in [0.717, 1.165) is 0 Å². The number of para-hydroxylation sites is 2. The molecule has 0 aromatic heterocycles. The number of carbonyl (C=O) groups is 2. The summed E-state index contributed by atoms with van der Waals surface area (Å²) in [5.41, 5.74) is 3.93. The molecule has 0 aliphatic heterocycles. The Labute approximate surface area is 183 Å². The van der Waals surface area contributed by atoms with Crippen molar-refractivity contribution in [1.82, 2.24) is 5.43 Å². The Morgan fingerprint density at radius 2 is 1.62 bits per heavy atom. The van der Waals surface area contributed by atoms with Crippen LogP contribution in [0.25, 0.3) is 0 Å². The number of amides is 2. The summed E-state index contributed by atoms with van der Waals surface area (Å²) in [6.45, 7) is -0.135. The summed E-state index contributed by atoms with van der Waals surface area (Å²) in [4.78, 5) is 34.4. The van der Waals surface area contributed by atoms with Crippen molar-refractivity contribution in [3.05, 3.63) is 100 Å². The smallest absolute Gasteiger partial charge is 0.273 e. The maximum absolute atomic E-state index is 12.0. The van der Waals surface area contributed by atoms with Crippen molar-refractivity contribution >= 4 is 29.4 Å². The number of hydrogen-bond donors (Lipinski definition) is 2. The number of anilines is 1. The van der Waals surface area contributed by atoms with E-state index in [-0.39, 0.29) is 24.6 Å². The highest BCUT2D eigenvalue weighted by atomic mass is 16.6. The highest BCUT2D eigenvalue weighted by molar-refractivity contribution is 5.91. The molecule has 9 nitrogen and oxygen atoms in total. The Balaban J connectivity index is 1.45. The van der Waals surface area contributed by atoms with Gasteiger partial charge in [-0.2, -0.15) is 5.10 Å². The number of nitro benzene ring substituents is 1. The Kier molecular flexibility index (Phi) is 7.63. The summed E-state index contributed by atoms with van der Waals surface area (Å²) < 4.78 is 5.45. The van der Waals surface area contributed by atoms with Gasteiger partial charge in [0.25, 0.3) is 11.6 Å². The number of nitro groups is 1. The van der Waals surface area contributed by atoms with Crippen molar-refractivity contribution in [3.63, 3.8) is 0 Å². The number of ether oxygens (including phenoxy) is 1. The van der Waals surface area contributed by atoms with Crippen LogP contribution in [0.2, 0.25) is 0 Å². The van der Waals surface area contributed by atoms with Crippen molar-refractivity contribution in [2.75, 3.05) is 11.9 Å². The SMILES string of the molecule is O=C(Cc1ccccc1[N+](=O)[O-])NN=Cc1ccc(OCC(=O)Nc2ccccc2)cc1. The Hall–Kier alpha value is -4.53. The van der Waals surface area contributed by atoms with Gasteiger partial charge in [0.2, 0.25) is 5.91 Å². The second-order valence-electron chi connectivity index (χ2n) is 6.63. The molecule has 162 valence electrons. The summed E-state index contributed by atoms with van der Waals surface area (Å²) >= 11 is 0. The minimum atomic E-state index is -0.527. The predicted molar refractivity (Wildman–Crippen MR) is 120 cm³/mol. The predicted octanol–water partition coefficient (Wildman–Crippen LogP) is 3.31. The first-order valence-electron chi connectivity index (χ1n) is 9.63. The monoisotopic (exact) mass is 432 g/mol. The van der Waals surface area contributed by atoms with E-state index in [2.05, 4.69) is 15.8 Å². The van der Waals surface area contributed by atoms with Gasteiger partial charge in [-0.05, 0) is 42.0 Å². The molecule has 0 heterocycles. The lowest BCUT2D eigenvalue weighted by molar-refractivity contribution is -0.385. The molecule has 0 bridgehead atoms. The van der Waals surface area contributed by atoms with Crippen LogP contribution in [0, 0.1) is 10.1 Å². The quantitative estimate of drug-likeness (QED) is 0.305. The highest BCUT2D eigenvalue weighted by Gasteiger charge is 2.15. The molecular weight excluding hydrogens is 412 g/mol. The van der Waals surface area contributed by atoms with Gasteiger partial charge >= 0.3 is 0 Å². The van der Waals surface area contributed by atoms with Gasteiger partial charge in [-0.25, -0.2) is 5.43 Å². The Morgan fingerprint density at radius 1 is 0.938 bits per heavy atom. The number of nitrogens with zero attached hydrogens (tertiary/aromatic N) is 2. The summed E-state index contributed by atoms with van der Waals surface area (Å²) in [6, 6.07) is 21.9. The third-order valence-electron chi connectivity index (χ3n) is 4.25. The van der Waals surface area contributed by atoms with Crippen molar-refractivity contribution in [1.29, 1.82) is 0 Å². The third kappa shape index (κ3) is 6.77. The zero-order valence-electron chi connectivity index (χ0n) is 16.9. The fourth-order valence-corrected chi connectivity index (χ4v) is 2.75. The summed E-state index contributed by atoms with van der Waals surface area (Å²) in [7, 11) is 0. The molecule has 3 aromatic rings. The molecule has 0 aliphatic rings. The minimum absolute atomic E-state index is 0.111. The summed E-state index contributed by atoms with van der Waals surface area (Å²) in [5, 5.41) is 17.6. The number of nitrogens with one attached hydrogen (secondary N) is 2. The number of carbonyl (C=O) groups excluding carboxylic acids is 2. The second kappa shape index (κ2) is 11.0. The number of benzene rings is 3. The van der Waals surface area contributed by atoms with Crippen LogP contribution in [-0.2, 0) is 16.0 Å². The van der Waals surface area contributed by atoms with E-state index in [1.165, 1.54) is 18.3 Å². The van der Waals surface area contributed by atoms with E-state index in [1.54, 1.807) is 48.5 Å². The molecule has 3 rings (SSSR count). The maximum atomic E-state index is 12.0. The van der Waals surface area contributed by atoms with Crippen LogP contribution in [0.1, 0.15) is 11.1 Å². The van der Waals surface area contributed by atoms with Gasteiger partial charge in [-0.1, -0.05) is 36.4 Å². The fraction of sp³-hybridized carbons (Fsp3) is 0.0870. The molecule has 0 unspecified atom stereocenters. The topological polar surface area (TPSA) is 123 Å². The van der Waals surface area contributed by atoms with Crippen LogP contribution in [-0.4, -0.2) is 29.6 Å². The zero-order valence-corrected chi connectivity index (χ0v) is 16.9. The number of hydrazone groups is 1. The third-order valence-corrected chi connectivity index (χ3v) is 4.25. The van der Waals surface area contributed by atoms with Gasteiger partial charge in [0.15, 0.2) is 6.61 Å². The molecule has 0 radical (unpaired) electrons. The zero-order chi connectivity index (χ0) is 22.8. The van der Waals surface area contributed by atoms with Crippen LogP contribution in [0.3, 0.4) is 0 Å². The lowest BCUT2D eigenvalue weighted by Crippen LogP contribution is -2.20. The fourth-order valence-electron chi connectivity index (χ4n) is 2.75. The minimum Gasteiger partial charge on any atom is -0.484 e. The summed E-state index contributed by atoms with van der Waals surface area (Å²) in [6.07, 6.45) is 1.27. The standard InChI is InChI=1S/C23H20N4O5/c28-22(14-18-6-4-5-9-21(18)27(30)31)26-24-15-17-10-12-20(13-11-17)32-16-23(29)25-19-7-2-1-3-8-19/h1-13,15H,14,16H2,(H,25,29)(H,26,28). The first kappa shape index (κ1) is 22.2. The molecule has 0 saturated heterocycles. The van der Waals surface area contributed by atoms with Crippen LogP contribution in [0.15, 0.2) is 84.0 Å². The molecule has 2 amide bonds. The van der Waals surface area contributed by atoms with Crippen molar-refractivity contribution in [2.24, 2.45) is 5.10 Å². The molecule has 2 N–H and O–H groups in total. The normalized spacial score (nSPS) is 10.5. The lowest BCUT2D eigenvalue weighted by Gasteiger charge is -2.07. The van der Waals surface area contributed by atoms with Gasteiger partial charge in [0.1, 0.15) is 5.75 Å². The van der Waals surface area contributed by atoms with Crippen molar-refractivity contribution in [3.8, 4) is 5.75 Å². The van der Waals surface area contributed by atoms with E-state index in [4.69, 9.17) is 4.74 Å². The first-order chi connectivity index (χ1) is 15.5. The number of hydrogen-bond acceptors (Lipinski definition) is 6. The van der Waals surface area contributed by atoms with E-state index in [9.17, 15) is 19.7 Å². The largest absolute Gasteiger partial charge is 0.484 e. The van der Waals surface area contributed by atoms with E-state index < -0.39 is 10.8 Å². The first-order valence-corrected chi connectivity index (χ1v) is 9.63.